The number of rotatable bonds is 7. The number of carbonyl (C=O) groups excluding carboxylic acids is 1. The largest absolute Gasteiger partial charge is 0.495 e. The normalized spacial score (nSPS) is 15.5. The van der Waals surface area contributed by atoms with Crippen LogP contribution in [0.3, 0.4) is 0 Å². The third kappa shape index (κ3) is 5.44. The average molecular weight is 487 g/mol. The Morgan fingerprint density at radius 3 is 2.42 bits per heavy atom. The van der Waals surface area contributed by atoms with Gasteiger partial charge in [0.2, 0.25) is 15.9 Å². The summed E-state index contributed by atoms with van der Waals surface area (Å²) in [5.41, 5.74) is 0.485. The fraction of sp³-hybridized carbons (Fsp3) is 0.381. The van der Waals surface area contributed by atoms with Crippen molar-refractivity contribution in [2.75, 3.05) is 32.1 Å². The molecule has 10 heteroatoms. The van der Waals surface area contributed by atoms with E-state index in [9.17, 15) is 13.2 Å². The van der Waals surface area contributed by atoms with Gasteiger partial charge in [0.15, 0.2) is 0 Å². The molecule has 0 aliphatic carbocycles. The highest BCUT2D eigenvalue weighted by Crippen LogP contribution is 2.32. The van der Waals surface area contributed by atoms with Crippen molar-refractivity contribution < 1.29 is 22.7 Å². The van der Waals surface area contributed by atoms with Crippen LogP contribution in [0.5, 0.6) is 11.5 Å². The van der Waals surface area contributed by atoms with Gasteiger partial charge in [-0.1, -0.05) is 23.2 Å². The lowest BCUT2D eigenvalue weighted by Crippen LogP contribution is -2.41. The van der Waals surface area contributed by atoms with Crippen molar-refractivity contribution in [2.24, 2.45) is 5.92 Å². The molecule has 0 atom stereocenters. The number of hydrogen-bond donors (Lipinski definition) is 1. The quantitative estimate of drug-likeness (QED) is 0.624. The molecule has 1 fully saturated rings. The van der Waals surface area contributed by atoms with Gasteiger partial charge in [-0.05, 0) is 56.2 Å². The molecule has 1 saturated heterocycles. The van der Waals surface area contributed by atoms with Gasteiger partial charge in [0.05, 0.1) is 29.3 Å². The van der Waals surface area contributed by atoms with E-state index in [1.165, 1.54) is 23.5 Å². The van der Waals surface area contributed by atoms with Crippen LogP contribution in [-0.2, 0) is 14.8 Å². The van der Waals surface area contributed by atoms with Crippen LogP contribution in [0.2, 0.25) is 10.0 Å². The van der Waals surface area contributed by atoms with E-state index in [4.69, 9.17) is 32.7 Å². The summed E-state index contributed by atoms with van der Waals surface area (Å²) in [7, 11) is -2.21. The molecule has 0 saturated carbocycles. The summed E-state index contributed by atoms with van der Waals surface area (Å²) in [5.74, 6) is 0.431. The third-order valence-corrected chi connectivity index (χ3v) is 7.51. The second-order valence-electron chi connectivity index (χ2n) is 7.04. The SMILES string of the molecule is CCOc1ccc(S(=O)(=O)N2CCC(C(=O)Nc3cc(Cl)ccc3OC)CC2)cc1Cl. The maximum Gasteiger partial charge on any atom is 0.243 e. The molecular formula is C21H24Cl2N2O5S. The van der Waals surface area contributed by atoms with Crippen molar-refractivity contribution >= 4 is 44.8 Å². The number of hydrogen-bond acceptors (Lipinski definition) is 5. The third-order valence-electron chi connectivity index (χ3n) is 5.09. The number of carbonyl (C=O) groups is 1. The number of sulfonamides is 1. The van der Waals surface area contributed by atoms with Crippen LogP contribution in [0.25, 0.3) is 0 Å². The Labute approximate surface area is 192 Å². The van der Waals surface area contributed by atoms with Gasteiger partial charge in [0.1, 0.15) is 11.5 Å². The fourth-order valence-electron chi connectivity index (χ4n) is 3.43. The van der Waals surface area contributed by atoms with E-state index in [0.717, 1.165) is 0 Å². The molecule has 0 radical (unpaired) electrons. The summed E-state index contributed by atoms with van der Waals surface area (Å²) >= 11 is 12.2. The van der Waals surface area contributed by atoms with Crippen LogP contribution in [0.4, 0.5) is 5.69 Å². The smallest absolute Gasteiger partial charge is 0.243 e. The van der Waals surface area contributed by atoms with Crippen molar-refractivity contribution in [3.63, 3.8) is 0 Å². The van der Waals surface area contributed by atoms with Crippen LogP contribution in [0, 0.1) is 5.92 Å². The van der Waals surface area contributed by atoms with Crippen molar-refractivity contribution in [3.05, 3.63) is 46.4 Å². The monoisotopic (exact) mass is 486 g/mol. The first kappa shape index (κ1) is 23.7. The lowest BCUT2D eigenvalue weighted by Gasteiger charge is -2.30. The Morgan fingerprint density at radius 1 is 1.13 bits per heavy atom. The number of anilines is 1. The van der Waals surface area contributed by atoms with Crippen LogP contribution < -0.4 is 14.8 Å². The van der Waals surface area contributed by atoms with Gasteiger partial charge >= 0.3 is 0 Å². The van der Waals surface area contributed by atoms with Crippen molar-refractivity contribution in [3.8, 4) is 11.5 Å². The van der Waals surface area contributed by atoms with Crippen LogP contribution in [0.15, 0.2) is 41.3 Å². The van der Waals surface area contributed by atoms with E-state index in [0.29, 0.717) is 41.7 Å². The second-order valence-corrected chi connectivity index (χ2v) is 9.82. The summed E-state index contributed by atoms with van der Waals surface area (Å²) < 4.78 is 38.0. The lowest BCUT2D eigenvalue weighted by atomic mass is 9.97. The number of ether oxygens (including phenoxy) is 2. The first-order valence-electron chi connectivity index (χ1n) is 9.83. The Balaban J connectivity index is 1.65. The number of nitrogens with zero attached hydrogens (tertiary/aromatic N) is 1. The summed E-state index contributed by atoms with van der Waals surface area (Å²) in [6, 6.07) is 9.40. The topological polar surface area (TPSA) is 84.9 Å². The van der Waals surface area contributed by atoms with Gasteiger partial charge in [-0.15, -0.1) is 0 Å². The number of methoxy groups -OCH3 is 1. The summed E-state index contributed by atoms with van der Waals surface area (Å²) in [6.07, 6.45) is 0.803. The molecule has 2 aromatic carbocycles. The van der Waals surface area contributed by atoms with Crippen molar-refractivity contribution in [1.82, 2.24) is 4.31 Å². The zero-order chi connectivity index (χ0) is 22.6. The van der Waals surface area contributed by atoms with Gasteiger partial charge in [-0.3, -0.25) is 4.79 Å². The van der Waals surface area contributed by atoms with E-state index in [1.54, 1.807) is 24.3 Å². The van der Waals surface area contributed by atoms with E-state index in [2.05, 4.69) is 5.32 Å². The Hall–Kier alpha value is -2.00. The minimum absolute atomic E-state index is 0.104. The van der Waals surface area contributed by atoms with Crippen LogP contribution >= 0.6 is 23.2 Å². The Kier molecular flexibility index (Phi) is 7.69. The molecule has 0 bridgehead atoms. The van der Waals surface area contributed by atoms with E-state index in [-0.39, 0.29) is 34.8 Å². The number of benzene rings is 2. The molecular weight excluding hydrogens is 463 g/mol. The first-order valence-corrected chi connectivity index (χ1v) is 12.0. The number of halogens is 2. The zero-order valence-corrected chi connectivity index (χ0v) is 19.6. The predicted octanol–water partition coefficient (Wildman–Crippen LogP) is 4.44. The van der Waals surface area contributed by atoms with Gasteiger partial charge in [-0.25, -0.2) is 8.42 Å². The van der Waals surface area contributed by atoms with Gasteiger partial charge < -0.3 is 14.8 Å². The molecule has 0 unspecified atom stereocenters. The highest BCUT2D eigenvalue weighted by molar-refractivity contribution is 7.89. The molecule has 1 heterocycles. The van der Waals surface area contributed by atoms with Gasteiger partial charge in [-0.2, -0.15) is 4.31 Å². The number of nitrogens with one attached hydrogen (secondary N) is 1. The Morgan fingerprint density at radius 2 is 1.81 bits per heavy atom. The maximum absolute atomic E-state index is 13.0. The summed E-state index contributed by atoms with van der Waals surface area (Å²) in [4.78, 5) is 12.8. The van der Waals surface area contributed by atoms with Crippen molar-refractivity contribution in [2.45, 2.75) is 24.7 Å². The lowest BCUT2D eigenvalue weighted by molar-refractivity contribution is -0.120. The molecule has 1 amide bonds. The van der Waals surface area contributed by atoms with Crippen LogP contribution in [0.1, 0.15) is 19.8 Å². The molecule has 7 nitrogen and oxygen atoms in total. The number of amides is 1. The van der Waals surface area contributed by atoms with Gasteiger partial charge in [0.25, 0.3) is 0 Å². The molecule has 168 valence electrons. The molecule has 1 aliphatic rings. The minimum atomic E-state index is -3.72. The molecule has 1 aliphatic heterocycles. The molecule has 31 heavy (non-hydrogen) atoms. The average Bonchev–Trinajstić information content (AvgIpc) is 2.75. The molecule has 0 aromatic heterocycles. The van der Waals surface area contributed by atoms with Gasteiger partial charge in [0, 0.05) is 24.0 Å². The van der Waals surface area contributed by atoms with E-state index < -0.39 is 10.0 Å². The zero-order valence-electron chi connectivity index (χ0n) is 17.2. The van der Waals surface area contributed by atoms with Crippen LogP contribution in [-0.4, -0.2) is 45.4 Å². The highest BCUT2D eigenvalue weighted by Gasteiger charge is 2.32. The molecule has 3 rings (SSSR count). The van der Waals surface area contributed by atoms with Crippen molar-refractivity contribution in [1.29, 1.82) is 0 Å². The molecule has 1 N–H and O–H groups in total. The Bertz CT molecular complexity index is 1050. The second kappa shape index (κ2) is 10.1. The maximum atomic E-state index is 13.0. The van der Waals surface area contributed by atoms with E-state index >= 15 is 0 Å². The minimum Gasteiger partial charge on any atom is -0.495 e. The molecule has 2 aromatic rings. The first-order chi connectivity index (χ1) is 14.8. The predicted molar refractivity (Wildman–Crippen MR) is 121 cm³/mol. The summed E-state index contributed by atoms with van der Waals surface area (Å²) in [6.45, 7) is 2.72. The molecule has 0 spiro atoms. The number of piperidine rings is 1. The standard InChI is InChI=1S/C21H24Cl2N2O5S/c1-3-30-19-7-5-16(13-17(19)23)31(27,28)25-10-8-14(9-11-25)21(26)24-18-12-15(22)4-6-20(18)29-2/h4-7,12-14H,3,8-11H2,1-2H3,(H,24,26). The van der Waals surface area contributed by atoms with E-state index in [1.807, 2.05) is 6.92 Å². The fourth-order valence-corrected chi connectivity index (χ4v) is 5.40. The highest BCUT2D eigenvalue weighted by atomic mass is 35.5. The summed E-state index contributed by atoms with van der Waals surface area (Å²) in [5, 5.41) is 3.56.